The molecule has 1 aromatic carbocycles. The van der Waals surface area contributed by atoms with Gasteiger partial charge in [-0.1, -0.05) is 11.6 Å². The van der Waals surface area contributed by atoms with Gasteiger partial charge in [0.2, 0.25) is 0 Å². The number of piperazine rings is 1. The lowest BCUT2D eigenvalue weighted by Crippen LogP contribution is -2.51. The van der Waals surface area contributed by atoms with Crippen LogP contribution < -0.4 is 10.6 Å². The summed E-state index contributed by atoms with van der Waals surface area (Å²) < 4.78 is 5.07. The lowest BCUT2D eigenvalue weighted by atomic mass is 10.2. The van der Waals surface area contributed by atoms with Crippen molar-refractivity contribution in [1.29, 1.82) is 0 Å². The molecule has 0 atom stereocenters. The highest BCUT2D eigenvalue weighted by Crippen LogP contribution is 2.19. The van der Waals surface area contributed by atoms with E-state index in [0.717, 1.165) is 36.9 Å². The predicted octanol–water partition coefficient (Wildman–Crippen LogP) is 2.12. The average molecular weight is 353 g/mol. The van der Waals surface area contributed by atoms with Gasteiger partial charge in [-0.15, -0.1) is 0 Å². The maximum atomic E-state index is 11.5. The molecule has 0 aliphatic carbocycles. The highest BCUT2D eigenvalue weighted by molar-refractivity contribution is 6.30. The van der Waals surface area contributed by atoms with Gasteiger partial charge < -0.3 is 20.3 Å². The number of guanidine groups is 1. The van der Waals surface area contributed by atoms with Crippen LogP contribution in [-0.2, 0) is 9.53 Å². The van der Waals surface area contributed by atoms with Crippen molar-refractivity contribution < 1.29 is 9.53 Å². The Kier molecular flexibility index (Phi) is 6.73. The molecule has 6 nitrogen and oxygen atoms in total. The molecule has 1 fully saturated rings. The van der Waals surface area contributed by atoms with Crippen LogP contribution in [0.4, 0.5) is 5.69 Å². The summed E-state index contributed by atoms with van der Waals surface area (Å²) in [5.74, 6) is 0.247. The Morgan fingerprint density at radius 3 is 2.46 bits per heavy atom. The van der Waals surface area contributed by atoms with Crippen molar-refractivity contribution in [2.24, 2.45) is 10.7 Å². The van der Waals surface area contributed by atoms with Crippen molar-refractivity contribution in [3.05, 3.63) is 29.3 Å². The summed E-state index contributed by atoms with van der Waals surface area (Å²) in [6.07, 6.45) is 0.156. The molecule has 1 aliphatic heterocycles. The summed E-state index contributed by atoms with van der Waals surface area (Å²) in [7, 11) is 0. The number of hydrogen-bond acceptors (Lipinski definition) is 4. The molecule has 2 rings (SSSR count). The summed E-state index contributed by atoms with van der Waals surface area (Å²) in [6.45, 7) is 7.35. The molecule has 0 aromatic heterocycles. The third kappa shape index (κ3) is 5.60. The number of aliphatic imine (C=N–C) groups is 1. The van der Waals surface area contributed by atoms with Crippen LogP contribution in [0.3, 0.4) is 0 Å². The first-order chi connectivity index (χ1) is 11.5. The number of carbonyl (C=O) groups excluding carboxylic acids is 1. The van der Waals surface area contributed by atoms with Crippen molar-refractivity contribution in [1.82, 2.24) is 4.90 Å². The summed E-state index contributed by atoms with van der Waals surface area (Å²) in [5.41, 5.74) is 7.19. The van der Waals surface area contributed by atoms with Crippen LogP contribution in [0.25, 0.3) is 0 Å². The first-order valence-corrected chi connectivity index (χ1v) is 8.58. The lowest BCUT2D eigenvalue weighted by Gasteiger charge is -2.36. The van der Waals surface area contributed by atoms with Crippen molar-refractivity contribution in [3.8, 4) is 0 Å². The second-order valence-electron chi connectivity index (χ2n) is 5.98. The van der Waals surface area contributed by atoms with Crippen LogP contribution in [0.1, 0.15) is 20.3 Å². The molecule has 1 aromatic rings. The molecule has 2 N–H and O–H groups in total. The van der Waals surface area contributed by atoms with E-state index in [4.69, 9.17) is 22.1 Å². The van der Waals surface area contributed by atoms with Gasteiger partial charge in [-0.2, -0.15) is 0 Å². The smallest absolute Gasteiger partial charge is 0.307 e. The van der Waals surface area contributed by atoms with Crippen LogP contribution in [0.15, 0.2) is 29.3 Å². The van der Waals surface area contributed by atoms with Crippen molar-refractivity contribution in [2.75, 3.05) is 37.6 Å². The predicted molar refractivity (Wildman–Crippen MR) is 97.6 cm³/mol. The number of rotatable bonds is 5. The fourth-order valence-electron chi connectivity index (χ4n) is 2.53. The van der Waals surface area contributed by atoms with E-state index in [2.05, 4.69) is 9.89 Å². The number of nitrogens with zero attached hydrogens (tertiary/aromatic N) is 3. The number of halogens is 1. The van der Waals surface area contributed by atoms with Crippen molar-refractivity contribution in [3.63, 3.8) is 0 Å². The Bertz CT molecular complexity index is 566. The molecule has 1 aliphatic rings. The second kappa shape index (κ2) is 8.78. The van der Waals surface area contributed by atoms with Gasteiger partial charge in [0.15, 0.2) is 5.96 Å². The van der Waals surface area contributed by atoms with Gasteiger partial charge in [0.1, 0.15) is 0 Å². The standard InChI is InChI=1S/C17H25ClN4O2/c1-13(2)24-16(23)7-8-20-17(19)22-11-9-21(10-12-22)15-5-3-14(18)4-6-15/h3-6,13H,7-12H2,1-2H3,(H2,19,20). The minimum absolute atomic E-state index is 0.0974. The molecule has 7 heteroatoms. The van der Waals surface area contributed by atoms with Crippen LogP contribution in [-0.4, -0.2) is 55.7 Å². The highest BCUT2D eigenvalue weighted by Gasteiger charge is 2.18. The van der Waals surface area contributed by atoms with E-state index in [1.807, 2.05) is 43.0 Å². The third-order valence-corrected chi connectivity index (χ3v) is 4.00. The minimum atomic E-state index is -0.242. The number of ether oxygens (including phenoxy) is 1. The zero-order valence-corrected chi connectivity index (χ0v) is 15.0. The van der Waals surface area contributed by atoms with E-state index in [0.29, 0.717) is 12.5 Å². The zero-order chi connectivity index (χ0) is 17.5. The third-order valence-electron chi connectivity index (χ3n) is 3.75. The SMILES string of the molecule is CC(C)OC(=O)CCN=C(N)N1CCN(c2ccc(Cl)cc2)CC1. The lowest BCUT2D eigenvalue weighted by molar-refractivity contribution is -0.147. The Morgan fingerprint density at radius 2 is 1.88 bits per heavy atom. The topological polar surface area (TPSA) is 71.2 Å². The fraction of sp³-hybridized carbons (Fsp3) is 0.529. The monoisotopic (exact) mass is 352 g/mol. The summed E-state index contributed by atoms with van der Waals surface area (Å²) >= 11 is 5.92. The maximum Gasteiger partial charge on any atom is 0.307 e. The normalized spacial score (nSPS) is 15.8. The fourth-order valence-corrected chi connectivity index (χ4v) is 2.66. The second-order valence-corrected chi connectivity index (χ2v) is 6.42. The molecule has 0 bridgehead atoms. The molecular weight excluding hydrogens is 328 g/mol. The first-order valence-electron chi connectivity index (χ1n) is 8.20. The largest absolute Gasteiger partial charge is 0.463 e. The Labute approximate surface area is 148 Å². The quantitative estimate of drug-likeness (QED) is 0.499. The van der Waals surface area contributed by atoms with Gasteiger partial charge in [-0.3, -0.25) is 9.79 Å². The summed E-state index contributed by atoms with van der Waals surface area (Å²) in [4.78, 5) is 20.1. The van der Waals surface area contributed by atoms with E-state index < -0.39 is 0 Å². The van der Waals surface area contributed by atoms with Crippen LogP contribution >= 0.6 is 11.6 Å². The van der Waals surface area contributed by atoms with Gasteiger partial charge >= 0.3 is 5.97 Å². The van der Waals surface area contributed by atoms with Crippen molar-refractivity contribution in [2.45, 2.75) is 26.4 Å². The molecule has 132 valence electrons. The minimum Gasteiger partial charge on any atom is -0.463 e. The molecule has 0 spiro atoms. The number of esters is 1. The van der Waals surface area contributed by atoms with Gasteiger partial charge in [0.05, 0.1) is 19.1 Å². The molecule has 1 saturated heterocycles. The van der Waals surface area contributed by atoms with Crippen LogP contribution in [0, 0.1) is 0 Å². The van der Waals surface area contributed by atoms with E-state index in [1.54, 1.807) is 0 Å². The number of carbonyl (C=O) groups is 1. The molecular formula is C17H25ClN4O2. The molecule has 0 saturated carbocycles. The number of nitrogens with two attached hydrogens (primary N) is 1. The molecule has 24 heavy (non-hydrogen) atoms. The Hall–Kier alpha value is -1.95. The summed E-state index contributed by atoms with van der Waals surface area (Å²) in [5, 5.41) is 0.741. The molecule has 1 heterocycles. The Balaban J connectivity index is 1.77. The molecule has 0 amide bonds. The van der Waals surface area contributed by atoms with Crippen LogP contribution in [0.5, 0.6) is 0 Å². The highest BCUT2D eigenvalue weighted by atomic mass is 35.5. The zero-order valence-electron chi connectivity index (χ0n) is 14.2. The Morgan fingerprint density at radius 1 is 1.25 bits per heavy atom. The first kappa shape index (κ1) is 18.4. The van der Waals surface area contributed by atoms with Crippen LogP contribution in [0.2, 0.25) is 5.02 Å². The molecule has 0 radical (unpaired) electrons. The average Bonchev–Trinajstić information content (AvgIpc) is 2.55. The number of hydrogen-bond donors (Lipinski definition) is 1. The van der Waals surface area contributed by atoms with E-state index in [1.165, 1.54) is 0 Å². The number of anilines is 1. The van der Waals surface area contributed by atoms with E-state index in [-0.39, 0.29) is 18.5 Å². The van der Waals surface area contributed by atoms with Gasteiger partial charge in [-0.05, 0) is 38.1 Å². The number of benzene rings is 1. The van der Waals surface area contributed by atoms with E-state index in [9.17, 15) is 4.79 Å². The van der Waals surface area contributed by atoms with Gasteiger partial charge in [0, 0.05) is 36.9 Å². The van der Waals surface area contributed by atoms with Gasteiger partial charge in [-0.25, -0.2) is 0 Å². The van der Waals surface area contributed by atoms with Gasteiger partial charge in [0.25, 0.3) is 0 Å². The van der Waals surface area contributed by atoms with Crippen molar-refractivity contribution >= 4 is 29.2 Å². The summed E-state index contributed by atoms with van der Waals surface area (Å²) in [6, 6.07) is 7.84. The molecule has 0 unspecified atom stereocenters. The maximum absolute atomic E-state index is 11.5. The van der Waals surface area contributed by atoms with E-state index >= 15 is 0 Å².